The number of nitrogens with one attached hydrogen (secondary N) is 1. The van der Waals surface area contributed by atoms with Gasteiger partial charge in [-0.15, -0.1) is 0 Å². The zero-order valence-corrected chi connectivity index (χ0v) is 17.4. The molecule has 1 unspecified atom stereocenters. The van der Waals surface area contributed by atoms with E-state index in [2.05, 4.69) is 79.4 Å². The smallest absolute Gasteiger partial charge is 0.119 e. The molecule has 1 heterocycles. The maximum Gasteiger partial charge on any atom is 0.119 e. The van der Waals surface area contributed by atoms with E-state index in [1.807, 2.05) is 6.07 Å². The molecule has 28 heavy (non-hydrogen) atoms. The number of ether oxygens (including phenoxy) is 1. The van der Waals surface area contributed by atoms with Crippen LogP contribution in [0.1, 0.15) is 36.1 Å². The summed E-state index contributed by atoms with van der Waals surface area (Å²) in [6.07, 6.45) is 6.88. The predicted molar refractivity (Wildman–Crippen MR) is 118 cm³/mol. The van der Waals surface area contributed by atoms with Gasteiger partial charge in [0.25, 0.3) is 0 Å². The fourth-order valence-electron chi connectivity index (χ4n) is 4.57. The zero-order chi connectivity index (χ0) is 19.7. The fourth-order valence-corrected chi connectivity index (χ4v) is 4.57. The molecule has 0 bridgehead atoms. The highest BCUT2D eigenvalue weighted by molar-refractivity contribution is 5.90. The molecule has 3 aromatic rings. The van der Waals surface area contributed by atoms with Crippen molar-refractivity contribution in [2.45, 2.75) is 38.1 Å². The summed E-state index contributed by atoms with van der Waals surface area (Å²) in [5, 5.41) is 1.25. The van der Waals surface area contributed by atoms with E-state index >= 15 is 0 Å². The third-order valence-electron chi connectivity index (χ3n) is 6.50. The average Bonchev–Trinajstić information content (AvgIpc) is 3.05. The standard InChI is InChI=1S/C25H30N2O/c1-18-22-16-21(28-4)10-11-23(22)26-24(18)20-12-14-25(15-13-20,27(2)3)17-19-8-6-5-7-9-19/h5-12,16,26H,13-15,17H2,1-4H3. The molecule has 1 aliphatic carbocycles. The minimum Gasteiger partial charge on any atom is -0.497 e. The molecule has 1 aromatic heterocycles. The number of nitrogens with zero attached hydrogens (tertiary/aromatic N) is 1. The Morgan fingerprint density at radius 1 is 1.11 bits per heavy atom. The Balaban J connectivity index is 1.64. The van der Waals surface area contributed by atoms with E-state index in [1.54, 1.807) is 7.11 Å². The van der Waals surface area contributed by atoms with Crippen LogP contribution in [0.2, 0.25) is 0 Å². The first kappa shape index (κ1) is 18.8. The number of hydrogen-bond acceptors (Lipinski definition) is 2. The number of hydrogen-bond donors (Lipinski definition) is 1. The lowest BCUT2D eigenvalue weighted by Crippen LogP contribution is -2.47. The molecule has 0 saturated heterocycles. The van der Waals surface area contributed by atoms with Crippen LogP contribution in [0.15, 0.2) is 54.6 Å². The van der Waals surface area contributed by atoms with Gasteiger partial charge in [-0.1, -0.05) is 36.4 Å². The van der Waals surface area contributed by atoms with Crippen molar-refractivity contribution in [1.82, 2.24) is 9.88 Å². The Morgan fingerprint density at radius 3 is 2.54 bits per heavy atom. The second-order valence-corrected chi connectivity index (χ2v) is 8.25. The summed E-state index contributed by atoms with van der Waals surface area (Å²) >= 11 is 0. The van der Waals surface area contributed by atoms with Gasteiger partial charge in [0, 0.05) is 22.1 Å². The van der Waals surface area contributed by atoms with Gasteiger partial charge in [0.05, 0.1) is 7.11 Å². The maximum atomic E-state index is 5.41. The molecule has 0 fully saturated rings. The van der Waals surface area contributed by atoms with Crippen LogP contribution in [0.5, 0.6) is 5.75 Å². The Kier molecular flexibility index (Phi) is 5.03. The monoisotopic (exact) mass is 374 g/mol. The second-order valence-electron chi connectivity index (χ2n) is 8.25. The lowest BCUT2D eigenvalue weighted by Gasteiger charge is -2.42. The summed E-state index contributed by atoms with van der Waals surface area (Å²) in [4.78, 5) is 6.08. The molecular formula is C25H30N2O. The third kappa shape index (κ3) is 3.35. The predicted octanol–water partition coefficient (Wildman–Crippen LogP) is 5.60. The van der Waals surface area contributed by atoms with E-state index in [-0.39, 0.29) is 5.54 Å². The molecule has 0 amide bonds. The summed E-state index contributed by atoms with van der Waals surface area (Å²) in [5.41, 5.74) is 6.84. The van der Waals surface area contributed by atoms with Crippen LogP contribution in [0.3, 0.4) is 0 Å². The van der Waals surface area contributed by atoms with Gasteiger partial charge in [-0.05, 0) is 81.6 Å². The highest BCUT2D eigenvalue weighted by atomic mass is 16.5. The lowest BCUT2D eigenvalue weighted by molar-refractivity contribution is 0.138. The van der Waals surface area contributed by atoms with Gasteiger partial charge < -0.3 is 14.6 Å². The molecule has 4 rings (SSSR count). The van der Waals surface area contributed by atoms with Crippen molar-refractivity contribution in [3.8, 4) is 5.75 Å². The molecule has 1 aliphatic rings. The quantitative estimate of drug-likeness (QED) is 0.630. The summed E-state index contributed by atoms with van der Waals surface area (Å²) in [7, 11) is 6.17. The van der Waals surface area contributed by atoms with Crippen molar-refractivity contribution in [3.05, 3.63) is 71.4 Å². The van der Waals surface area contributed by atoms with Gasteiger partial charge in [0.1, 0.15) is 5.75 Å². The molecule has 146 valence electrons. The summed E-state index contributed by atoms with van der Waals surface area (Å²) in [6, 6.07) is 17.2. The summed E-state index contributed by atoms with van der Waals surface area (Å²) in [6.45, 7) is 2.21. The molecule has 3 nitrogen and oxygen atoms in total. The Bertz CT molecular complexity index is 1000. The first-order chi connectivity index (χ1) is 13.5. The van der Waals surface area contributed by atoms with Crippen molar-refractivity contribution < 1.29 is 4.74 Å². The van der Waals surface area contributed by atoms with Crippen LogP contribution in [-0.4, -0.2) is 36.6 Å². The molecule has 3 heteroatoms. The lowest BCUT2D eigenvalue weighted by atomic mass is 9.76. The van der Waals surface area contributed by atoms with Crippen LogP contribution in [0.25, 0.3) is 16.5 Å². The average molecular weight is 375 g/mol. The normalized spacial score (nSPS) is 19.8. The summed E-state index contributed by atoms with van der Waals surface area (Å²) < 4.78 is 5.41. The molecule has 0 radical (unpaired) electrons. The molecule has 0 spiro atoms. The van der Waals surface area contributed by atoms with Crippen LogP contribution < -0.4 is 4.74 Å². The topological polar surface area (TPSA) is 28.3 Å². The van der Waals surface area contributed by atoms with Gasteiger partial charge in [-0.25, -0.2) is 0 Å². The number of benzene rings is 2. The zero-order valence-electron chi connectivity index (χ0n) is 17.4. The van der Waals surface area contributed by atoms with Gasteiger partial charge in [0.2, 0.25) is 0 Å². The van der Waals surface area contributed by atoms with Crippen LogP contribution in [0, 0.1) is 6.92 Å². The molecule has 0 aliphatic heterocycles. The van der Waals surface area contributed by atoms with E-state index in [9.17, 15) is 0 Å². The Hall–Kier alpha value is -2.52. The van der Waals surface area contributed by atoms with E-state index in [0.717, 1.165) is 25.0 Å². The van der Waals surface area contributed by atoms with Crippen molar-refractivity contribution in [3.63, 3.8) is 0 Å². The SMILES string of the molecule is COc1ccc2[nH]c(C3=CCC(Cc4ccccc4)(N(C)C)CC3)c(C)c2c1. The molecule has 2 aromatic carbocycles. The van der Waals surface area contributed by atoms with Gasteiger partial charge in [-0.3, -0.25) is 0 Å². The number of allylic oxidation sites excluding steroid dienone is 1. The van der Waals surface area contributed by atoms with Crippen LogP contribution in [-0.2, 0) is 6.42 Å². The number of rotatable bonds is 5. The molecule has 0 saturated carbocycles. The fraction of sp³-hybridized carbons (Fsp3) is 0.360. The number of likely N-dealkylation sites (N-methyl/N-ethyl adjacent to an activating group) is 1. The Labute approximate surface area is 168 Å². The largest absolute Gasteiger partial charge is 0.497 e. The number of aromatic nitrogens is 1. The van der Waals surface area contributed by atoms with Crippen molar-refractivity contribution in [2.24, 2.45) is 0 Å². The summed E-state index contributed by atoms with van der Waals surface area (Å²) in [5.74, 6) is 0.910. The van der Waals surface area contributed by atoms with Gasteiger partial charge in [0.15, 0.2) is 0 Å². The van der Waals surface area contributed by atoms with Crippen molar-refractivity contribution >= 4 is 16.5 Å². The Morgan fingerprint density at radius 2 is 1.89 bits per heavy atom. The van der Waals surface area contributed by atoms with Crippen molar-refractivity contribution in [2.75, 3.05) is 21.2 Å². The number of aromatic amines is 1. The molecule has 1 atom stereocenters. The maximum absolute atomic E-state index is 5.41. The van der Waals surface area contributed by atoms with E-state index in [1.165, 1.54) is 39.7 Å². The van der Waals surface area contributed by atoms with E-state index < -0.39 is 0 Å². The minimum absolute atomic E-state index is 0.188. The second kappa shape index (κ2) is 7.48. The van der Waals surface area contributed by atoms with Crippen molar-refractivity contribution in [1.29, 1.82) is 0 Å². The molecular weight excluding hydrogens is 344 g/mol. The first-order valence-electron chi connectivity index (χ1n) is 10.1. The third-order valence-corrected chi connectivity index (χ3v) is 6.50. The van der Waals surface area contributed by atoms with Gasteiger partial charge >= 0.3 is 0 Å². The number of H-pyrrole nitrogens is 1. The van der Waals surface area contributed by atoms with Crippen LogP contribution in [0.4, 0.5) is 0 Å². The van der Waals surface area contributed by atoms with E-state index in [0.29, 0.717) is 0 Å². The van der Waals surface area contributed by atoms with Crippen LogP contribution >= 0.6 is 0 Å². The highest BCUT2D eigenvalue weighted by Crippen LogP contribution is 2.40. The van der Waals surface area contributed by atoms with E-state index in [4.69, 9.17) is 4.74 Å². The number of aryl methyl sites for hydroxylation is 1. The first-order valence-corrected chi connectivity index (χ1v) is 10.1. The molecule has 1 N–H and O–H groups in total. The highest BCUT2D eigenvalue weighted by Gasteiger charge is 2.35. The minimum atomic E-state index is 0.188. The number of methoxy groups -OCH3 is 1. The number of fused-ring (bicyclic) bond motifs is 1. The van der Waals surface area contributed by atoms with Gasteiger partial charge in [-0.2, -0.15) is 0 Å².